The number of amides is 1. The third-order valence-electron chi connectivity index (χ3n) is 3.79. The molecule has 0 bridgehead atoms. The average molecular weight is 332 g/mol. The third-order valence-corrected chi connectivity index (χ3v) is 3.79. The van der Waals surface area contributed by atoms with Gasteiger partial charge >= 0.3 is 0 Å². The van der Waals surface area contributed by atoms with Gasteiger partial charge in [-0.3, -0.25) is 9.78 Å². The normalized spacial score (nSPS) is 10.2. The van der Waals surface area contributed by atoms with Crippen molar-refractivity contribution in [3.05, 3.63) is 89.9 Å². The van der Waals surface area contributed by atoms with Crippen molar-refractivity contribution in [2.45, 2.75) is 13.0 Å². The van der Waals surface area contributed by atoms with Crippen LogP contribution in [-0.4, -0.2) is 22.4 Å². The van der Waals surface area contributed by atoms with Crippen molar-refractivity contribution in [2.75, 3.05) is 11.9 Å². The lowest BCUT2D eigenvalue weighted by Gasteiger charge is -2.08. The van der Waals surface area contributed by atoms with Crippen LogP contribution in [0.5, 0.6) is 0 Å². The molecule has 3 rings (SSSR count). The molecule has 1 amide bonds. The molecule has 0 atom stereocenters. The zero-order chi connectivity index (χ0) is 17.3. The Bertz CT molecular complexity index is 806. The number of aromatic nitrogens is 2. The molecule has 0 saturated heterocycles. The molecule has 2 aromatic heterocycles. The Morgan fingerprint density at radius 3 is 2.52 bits per heavy atom. The fraction of sp³-hybridized carbons (Fsp3) is 0.150. The number of carbonyl (C=O) groups excluding carboxylic acids is 1. The Balaban J connectivity index is 1.52. The van der Waals surface area contributed by atoms with E-state index >= 15 is 0 Å². The third kappa shape index (κ3) is 5.14. The molecule has 25 heavy (non-hydrogen) atoms. The highest BCUT2D eigenvalue weighted by Gasteiger charge is 2.06. The highest BCUT2D eigenvalue weighted by Crippen LogP contribution is 2.09. The van der Waals surface area contributed by atoms with Gasteiger partial charge in [-0.25, -0.2) is 4.98 Å². The Hall–Kier alpha value is -3.21. The van der Waals surface area contributed by atoms with Crippen LogP contribution in [0.3, 0.4) is 0 Å². The highest BCUT2D eigenvalue weighted by molar-refractivity contribution is 5.94. The number of anilines is 1. The molecule has 0 unspecified atom stereocenters. The molecule has 0 aliphatic rings. The highest BCUT2D eigenvalue weighted by atomic mass is 16.1. The van der Waals surface area contributed by atoms with Gasteiger partial charge in [0.15, 0.2) is 0 Å². The number of nitrogens with zero attached hydrogens (tertiary/aromatic N) is 2. The van der Waals surface area contributed by atoms with E-state index < -0.39 is 0 Å². The standard InChI is InChI=1S/C20H20N4O/c25-20(23-12-8-16-4-2-1-3-5-16)18-9-13-22-19(14-18)24-15-17-6-10-21-11-7-17/h1-7,9-11,13-14H,8,12,15H2,(H,22,24)(H,23,25). The lowest BCUT2D eigenvalue weighted by atomic mass is 10.1. The van der Waals surface area contributed by atoms with Gasteiger partial charge in [0.25, 0.3) is 5.91 Å². The van der Waals surface area contributed by atoms with Gasteiger partial charge in [0.05, 0.1) is 0 Å². The maximum absolute atomic E-state index is 12.3. The summed E-state index contributed by atoms with van der Waals surface area (Å²) in [5.41, 5.74) is 2.91. The molecule has 0 aliphatic heterocycles. The summed E-state index contributed by atoms with van der Waals surface area (Å²) < 4.78 is 0. The maximum atomic E-state index is 12.3. The number of hydrogen-bond donors (Lipinski definition) is 2. The van der Waals surface area contributed by atoms with Gasteiger partial charge in [0, 0.05) is 37.2 Å². The molecule has 0 fully saturated rings. The van der Waals surface area contributed by atoms with Crippen molar-refractivity contribution in [3.63, 3.8) is 0 Å². The Labute approximate surface area is 147 Å². The van der Waals surface area contributed by atoms with Crippen LogP contribution in [0.25, 0.3) is 0 Å². The Morgan fingerprint density at radius 1 is 0.920 bits per heavy atom. The SMILES string of the molecule is O=C(NCCc1ccccc1)c1ccnc(NCc2ccncc2)c1. The van der Waals surface area contributed by atoms with Crippen LogP contribution < -0.4 is 10.6 Å². The molecule has 1 aromatic carbocycles. The van der Waals surface area contributed by atoms with Crippen molar-refractivity contribution >= 4 is 11.7 Å². The second-order valence-corrected chi connectivity index (χ2v) is 5.63. The summed E-state index contributed by atoms with van der Waals surface area (Å²) in [4.78, 5) is 20.5. The molecule has 0 aliphatic carbocycles. The maximum Gasteiger partial charge on any atom is 0.251 e. The molecule has 2 heterocycles. The van der Waals surface area contributed by atoms with Crippen molar-refractivity contribution in [1.82, 2.24) is 15.3 Å². The molecular formula is C20H20N4O. The second-order valence-electron chi connectivity index (χ2n) is 5.63. The molecular weight excluding hydrogens is 312 g/mol. The lowest BCUT2D eigenvalue weighted by Crippen LogP contribution is -2.25. The van der Waals surface area contributed by atoms with E-state index in [2.05, 4.69) is 32.7 Å². The van der Waals surface area contributed by atoms with E-state index in [1.165, 1.54) is 5.56 Å². The van der Waals surface area contributed by atoms with Crippen LogP contribution in [0.2, 0.25) is 0 Å². The van der Waals surface area contributed by atoms with Crippen molar-refractivity contribution in [3.8, 4) is 0 Å². The summed E-state index contributed by atoms with van der Waals surface area (Å²) in [6.07, 6.45) is 5.95. The van der Waals surface area contributed by atoms with Crippen molar-refractivity contribution in [1.29, 1.82) is 0 Å². The summed E-state index contributed by atoms with van der Waals surface area (Å²) in [5, 5.41) is 6.16. The minimum Gasteiger partial charge on any atom is -0.366 e. The quantitative estimate of drug-likeness (QED) is 0.698. The predicted molar refractivity (Wildman–Crippen MR) is 98.3 cm³/mol. The minimum absolute atomic E-state index is 0.0923. The van der Waals surface area contributed by atoms with Gasteiger partial charge in [-0.05, 0) is 41.8 Å². The van der Waals surface area contributed by atoms with Crippen LogP contribution in [0.15, 0.2) is 73.2 Å². The number of rotatable bonds is 7. The minimum atomic E-state index is -0.0923. The topological polar surface area (TPSA) is 66.9 Å². The van der Waals surface area contributed by atoms with E-state index in [4.69, 9.17) is 0 Å². The molecule has 2 N–H and O–H groups in total. The number of carbonyl (C=O) groups is 1. The fourth-order valence-corrected chi connectivity index (χ4v) is 2.43. The predicted octanol–water partition coefficient (Wildman–Crippen LogP) is 3.06. The first-order chi connectivity index (χ1) is 12.3. The zero-order valence-electron chi connectivity index (χ0n) is 13.9. The van der Waals surface area contributed by atoms with Gasteiger partial charge < -0.3 is 10.6 Å². The average Bonchev–Trinajstić information content (AvgIpc) is 2.68. The first-order valence-electron chi connectivity index (χ1n) is 8.22. The fourth-order valence-electron chi connectivity index (χ4n) is 2.43. The molecule has 126 valence electrons. The number of benzene rings is 1. The second kappa shape index (κ2) is 8.59. The van der Waals surface area contributed by atoms with Crippen LogP contribution in [-0.2, 0) is 13.0 Å². The molecule has 0 saturated carbocycles. The van der Waals surface area contributed by atoms with E-state index in [0.717, 1.165) is 12.0 Å². The molecule has 0 spiro atoms. The van der Waals surface area contributed by atoms with E-state index in [9.17, 15) is 4.79 Å². The van der Waals surface area contributed by atoms with Crippen LogP contribution in [0.4, 0.5) is 5.82 Å². The molecule has 5 heteroatoms. The van der Waals surface area contributed by atoms with Crippen LogP contribution in [0.1, 0.15) is 21.5 Å². The molecule has 5 nitrogen and oxygen atoms in total. The summed E-state index contributed by atoms with van der Waals surface area (Å²) >= 11 is 0. The first-order valence-corrected chi connectivity index (χ1v) is 8.22. The van der Waals surface area contributed by atoms with E-state index in [1.54, 1.807) is 30.7 Å². The van der Waals surface area contributed by atoms with Gasteiger partial charge in [0.2, 0.25) is 0 Å². The monoisotopic (exact) mass is 332 g/mol. The lowest BCUT2D eigenvalue weighted by molar-refractivity contribution is 0.0954. The van der Waals surface area contributed by atoms with Gasteiger partial charge in [-0.15, -0.1) is 0 Å². The molecule has 3 aromatic rings. The zero-order valence-corrected chi connectivity index (χ0v) is 13.9. The number of nitrogens with one attached hydrogen (secondary N) is 2. The summed E-state index contributed by atoms with van der Waals surface area (Å²) in [5.74, 6) is 0.581. The molecule has 0 radical (unpaired) electrons. The number of pyridine rings is 2. The van der Waals surface area contributed by atoms with Crippen molar-refractivity contribution in [2.24, 2.45) is 0 Å². The van der Waals surface area contributed by atoms with E-state index in [0.29, 0.717) is 24.5 Å². The number of hydrogen-bond acceptors (Lipinski definition) is 4. The Morgan fingerprint density at radius 2 is 1.72 bits per heavy atom. The van der Waals surface area contributed by atoms with E-state index in [1.807, 2.05) is 30.3 Å². The van der Waals surface area contributed by atoms with Gasteiger partial charge in [0.1, 0.15) is 5.82 Å². The first kappa shape index (κ1) is 16.6. The summed E-state index contributed by atoms with van der Waals surface area (Å²) in [6.45, 7) is 1.24. The van der Waals surface area contributed by atoms with Gasteiger partial charge in [-0.2, -0.15) is 0 Å². The summed E-state index contributed by atoms with van der Waals surface area (Å²) in [7, 11) is 0. The Kier molecular flexibility index (Phi) is 5.72. The van der Waals surface area contributed by atoms with Crippen LogP contribution in [0, 0.1) is 0 Å². The largest absolute Gasteiger partial charge is 0.366 e. The van der Waals surface area contributed by atoms with Crippen molar-refractivity contribution < 1.29 is 4.79 Å². The smallest absolute Gasteiger partial charge is 0.251 e. The summed E-state index contributed by atoms with van der Waals surface area (Å²) in [6, 6.07) is 17.5. The van der Waals surface area contributed by atoms with Crippen LogP contribution >= 0.6 is 0 Å². The van der Waals surface area contributed by atoms with E-state index in [-0.39, 0.29) is 5.91 Å². The van der Waals surface area contributed by atoms with Gasteiger partial charge in [-0.1, -0.05) is 30.3 Å².